The fourth-order valence-electron chi connectivity index (χ4n) is 2.93. The summed E-state index contributed by atoms with van der Waals surface area (Å²) in [6.45, 7) is 4.50. The Morgan fingerprint density at radius 1 is 1.26 bits per heavy atom. The van der Waals surface area contributed by atoms with Crippen molar-refractivity contribution in [3.05, 3.63) is 11.9 Å². The number of aromatic nitrogens is 2. The standard InChI is InChI=1S/C15H26N4/c1-3-7-12-14(16)17-10-18-15(12)19-13-9-6-4-5-8-11(13)2/h10-11,13H,3-9H2,1-2H3,(H3,16,17,18,19). The van der Waals surface area contributed by atoms with Crippen LogP contribution in [0.2, 0.25) is 0 Å². The second-order valence-corrected chi connectivity index (χ2v) is 5.70. The minimum Gasteiger partial charge on any atom is -0.383 e. The number of hydrogen-bond acceptors (Lipinski definition) is 4. The maximum atomic E-state index is 5.99. The topological polar surface area (TPSA) is 63.8 Å². The van der Waals surface area contributed by atoms with Crippen LogP contribution in [0, 0.1) is 5.92 Å². The van der Waals surface area contributed by atoms with Gasteiger partial charge in [-0.05, 0) is 25.2 Å². The molecule has 2 unspecified atom stereocenters. The number of nitrogens with zero attached hydrogens (tertiary/aromatic N) is 2. The van der Waals surface area contributed by atoms with E-state index in [0.29, 0.717) is 17.8 Å². The van der Waals surface area contributed by atoms with E-state index in [9.17, 15) is 0 Å². The van der Waals surface area contributed by atoms with Gasteiger partial charge in [0.05, 0.1) is 0 Å². The van der Waals surface area contributed by atoms with Crippen LogP contribution in [0.25, 0.3) is 0 Å². The quantitative estimate of drug-likeness (QED) is 0.816. The summed E-state index contributed by atoms with van der Waals surface area (Å²) in [4.78, 5) is 8.53. The lowest BCUT2D eigenvalue weighted by molar-refractivity contribution is 0.455. The van der Waals surface area contributed by atoms with Crippen LogP contribution in [-0.4, -0.2) is 16.0 Å². The lowest BCUT2D eigenvalue weighted by atomic mass is 9.96. The van der Waals surface area contributed by atoms with Crippen molar-refractivity contribution in [2.75, 3.05) is 11.1 Å². The van der Waals surface area contributed by atoms with Gasteiger partial charge in [-0.25, -0.2) is 9.97 Å². The Balaban J connectivity index is 2.15. The molecule has 0 spiro atoms. The van der Waals surface area contributed by atoms with Gasteiger partial charge in [0, 0.05) is 11.6 Å². The van der Waals surface area contributed by atoms with E-state index in [2.05, 4.69) is 29.1 Å². The van der Waals surface area contributed by atoms with Crippen LogP contribution in [0.3, 0.4) is 0 Å². The van der Waals surface area contributed by atoms with Gasteiger partial charge in [-0.3, -0.25) is 0 Å². The second kappa shape index (κ2) is 6.73. The summed E-state index contributed by atoms with van der Waals surface area (Å²) in [6.07, 6.45) is 10.1. The molecule has 106 valence electrons. The van der Waals surface area contributed by atoms with Gasteiger partial charge in [0.1, 0.15) is 18.0 Å². The van der Waals surface area contributed by atoms with Crippen molar-refractivity contribution in [3.63, 3.8) is 0 Å². The molecule has 0 radical (unpaired) electrons. The van der Waals surface area contributed by atoms with Crippen molar-refractivity contribution in [1.82, 2.24) is 9.97 Å². The Kier molecular flexibility index (Phi) is 5.00. The van der Waals surface area contributed by atoms with Crippen LogP contribution < -0.4 is 11.1 Å². The SMILES string of the molecule is CCCc1c(N)ncnc1NC1CCCCCC1C. The highest BCUT2D eigenvalue weighted by atomic mass is 15.1. The summed E-state index contributed by atoms with van der Waals surface area (Å²) in [5.41, 5.74) is 7.07. The molecule has 4 heteroatoms. The molecular weight excluding hydrogens is 236 g/mol. The zero-order chi connectivity index (χ0) is 13.7. The summed E-state index contributed by atoms with van der Waals surface area (Å²) in [5.74, 6) is 2.28. The Bertz CT molecular complexity index is 405. The molecule has 0 bridgehead atoms. The normalized spacial score (nSPS) is 23.9. The summed E-state index contributed by atoms with van der Waals surface area (Å²) < 4.78 is 0. The number of nitrogens with one attached hydrogen (secondary N) is 1. The molecule has 19 heavy (non-hydrogen) atoms. The van der Waals surface area contributed by atoms with E-state index >= 15 is 0 Å². The molecule has 0 aliphatic heterocycles. The Labute approximate surface area is 116 Å². The van der Waals surface area contributed by atoms with Crippen LogP contribution >= 0.6 is 0 Å². The smallest absolute Gasteiger partial charge is 0.134 e. The van der Waals surface area contributed by atoms with E-state index in [-0.39, 0.29) is 0 Å². The van der Waals surface area contributed by atoms with Gasteiger partial charge in [0.15, 0.2) is 0 Å². The molecule has 3 N–H and O–H groups in total. The first-order valence-corrected chi connectivity index (χ1v) is 7.58. The minimum atomic E-state index is 0.521. The molecular formula is C15H26N4. The van der Waals surface area contributed by atoms with Crippen LogP contribution in [0.4, 0.5) is 11.6 Å². The van der Waals surface area contributed by atoms with Crippen molar-refractivity contribution in [1.29, 1.82) is 0 Å². The predicted molar refractivity (Wildman–Crippen MR) is 80.1 cm³/mol. The van der Waals surface area contributed by atoms with Gasteiger partial charge in [-0.2, -0.15) is 0 Å². The molecule has 1 heterocycles. The van der Waals surface area contributed by atoms with Gasteiger partial charge < -0.3 is 11.1 Å². The Morgan fingerprint density at radius 3 is 2.84 bits per heavy atom. The largest absolute Gasteiger partial charge is 0.383 e. The lowest BCUT2D eigenvalue weighted by Crippen LogP contribution is -2.27. The molecule has 1 fully saturated rings. The Hall–Kier alpha value is -1.32. The molecule has 2 rings (SSSR count). The van der Waals surface area contributed by atoms with E-state index in [1.165, 1.54) is 32.1 Å². The van der Waals surface area contributed by atoms with Crippen LogP contribution in [0.1, 0.15) is 57.9 Å². The van der Waals surface area contributed by atoms with Crippen molar-refractivity contribution in [2.45, 2.75) is 64.8 Å². The minimum absolute atomic E-state index is 0.521. The van der Waals surface area contributed by atoms with Crippen LogP contribution in [-0.2, 0) is 6.42 Å². The molecule has 1 aliphatic rings. The molecule has 0 amide bonds. The molecule has 4 nitrogen and oxygen atoms in total. The lowest BCUT2D eigenvalue weighted by Gasteiger charge is -2.24. The fourth-order valence-corrected chi connectivity index (χ4v) is 2.93. The summed E-state index contributed by atoms with van der Waals surface area (Å²) in [6, 6.07) is 0.521. The van der Waals surface area contributed by atoms with Crippen molar-refractivity contribution in [2.24, 2.45) is 5.92 Å². The summed E-state index contributed by atoms with van der Waals surface area (Å²) in [5, 5.41) is 3.63. The molecule has 1 aliphatic carbocycles. The number of nitrogen functional groups attached to an aromatic ring is 1. The zero-order valence-electron chi connectivity index (χ0n) is 12.2. The van der Waals surface area contributed by atoms with E-state index in [0.717, 1.165) is 24.2 Å². The van der Waals surface area contributed by atoms with Gasteiger partial charge in [-0.1, -0.05) is 39.5 Å². The maximum absolute atomic E-state index is 5.99. The molecule has 0 aromatic carbocycles. The van der Waals surface area contributed by atoms with Crippen LogP contribution in [0.15, 0.2) is 6.33 Å². The zero-order valence-corrected chi connectivity index (χ0v) is 12.2. The first kappa shape index (κ1) is 14.1. The third kappa shape index (κ3) is 3.58. The van der Waals surface area contributed by atoms with Crippen molar-refractivity contribution >= 4 is 11.6 Å². The summed E-state index contributed by atoms with van der Waals surface area (Å²) in [7, 11) is 0. The van der Waals surface area contributed by atoms with E-state index in [1.807, 2.05) is 0 Å². The second-order valence-electron chi connectivity index (χ2n) is 5.70. The number of rotatable bonds is 4. The number of nitrogens with two attached hydrogens (primary N) is 1. The monoisotopic (exact) mass is 262 g/mol. The summed E-state index contributed by atoms with van der Waals surface area (Å²) >= 11 is 0. The number of hydrogen-bond donors (Lipinski definition) is 2. The highest BCUT2D eigenvalue weighted by Crippen LogP contribution is 2.27. The Morgan fingerprint density at radius 2 is 2.05 bits per heavy atom. The number of anilines is 2. The first-order chi connectivity index (χ1) is 9.22. The van der Waals surface area contributed by atoms with E-state index in [1.54, 1.807) is 6.33 Å². The predicted octanol–water partition coefficient (Wildman–Crippen LogP) is 3.39. The average molecular weight is 262 g/mol. The molecule has 1 aromatic heterocycles. The highest BCUT2D eigenvalue weighted by Gasteiger charge is 2.21. The van der Waals surface area contributed by atoms with Gasteiger partial charge in [0.2, 0.25) is 0 Å². The fraction of sp³-hybridized carbons (Fsp3) is 0.733. The molecule has 1 saturated carbocycles. The third-order valence-electron chi connectivity index (χ3n) is 4.16. The van der Waals surface area contributed by atoms with Gasteiger partial charge in [0.25, 0.3) is 0 Å². The molecule has 2 atom stereocenters. The highest BCUT2D eigenvalue weighted by molar-refractivity contribution is 5.55. The van der Waals surface area contributed by atoms with Gasteiger partial charge >= 0.3 is 0 Å². The molecule has 0 saturated heterocycles. The van der Waals surface area contributed by atoms with Gasteiger partial charge in [-0.15, -0.1) is 0 Å². The van der Waals surface area contributed by atoms with Crippen molar-refractivity contribution < 1.29 is 0 Å². The van der Waals surface area contributed by atoms with Crippen molar-refractivity contribution in [3.8, 4) is 0 Å². The first-order valence-electron chi connectivity index (χ1n) is 7.58. The maximum Gasteiger partial charge on any atom is 0.134 e. The van der Waals surface area contributed by atoms with E-state index in [4.69, 9.17) is 5.73 Å². The average Bonchev–Trinajstić information content (AvgIpc) is 2.59. The molecule has 1 aromatic rings. The third-order valence-corrected chi connectivity index (χ3v) is 4.16. The van der Waals surface area contributed by atoms with E-state index < -0.39 is 0 Å². The van der Waals surface area contributed by atoms with Crippen LogP contribution in [0.5, 0.6) is 0 Å².